The van der Waals surface area contributed by atoms with Crippen molar-refractivity contribution in [2.75, 3.05) is 7.11 Å². The number of ether oxygens (including phenoxy) is 1. The molecular formula is C18H15N3O2. The third kappa shape index (κ3) is 2.17. The standard InChI is InChI=1S/C18H15N3O2/c1-23-13-7-8-15-14(9-13)16-17(18(22)20-11-19-16)21(15)10-12-5-3-2-4-6-12/h2-9,11H,10H2,1H3,(H,19,20,22). The molecule has 0 aliphatic rings. The maximum absolute atomic E-state index is 12.4. The molecule has 5 heteroatoms. The summed E-state index contributed by atoms with van der Waals surface area (Å²) in [5, 5.41) is 0.918. The molecule has 0 fully saturated rings. The van der Waals surface area contributed by atoms with Gasteiger partial charge in [-0.25, -0.2) is 4.98 Å². The van der Waals surface area contributed by atoms with Crippen LogP contribution >= 0.6 is 0 Å². The van der Waals surface area contributed by atoms with Crippen LogP contribution in [0, 0.1) is 0 Å². The van der Waals surface area contributed by atoms with E-state index >= 15 is 0 Å². The van der Waals surface area contributed by atoms with E-state index in [2.05, 4.69) is 9.97 Å². The molecule has 0 spiro atoms. The molecule has 0 atom stereocenters. The number of nitrogens with zero attached hydrogens (tertiary/aromatic N) is 2. The number of benzene rings is 2. The number of fused-ring (bicyclic) bond motifs is 3. The third-order valence-corrected chi connectivity index (χ3v) is 4.03. The Morgan fingerprint density at radius 1 is 1.17 bits per heavy atom. The van der Waals surface area contributed by atoms with Crippen LogP contribution in [-0.2, 0) is 6.54 Å². The van der Waals surface area contributed by atoms with E-state index in [-0.39, 0.29) is 5.56 Å². The van der Waals surface area contributed by atoms with Gasteiger partial charge >= 0.3 is 0 Å². The quantitative estimate of drug-likeness (QED) is 0.633. The van der Waals surface area contributed by atoms with Crippen molar-refractivity contribution < 1.29 is 4.74 Å². The van der Waals surface area contributed by atoms with E-state index in [4.69, 9.17) is 4.74 Å². The Bertz CT molecular complexity index is 1050. The van der Waals surface area contributed by atoms with Gasteiger partial charge < -0.3 is 14.3 Å². The van der Waals surface area contributed by atoms with E-state index in [0.29, 0.717) is 17.6 Å². The Hall–Kier alpha value is -3.08. The van der Waals surface area contributed by atoms with E-state index in [0.717, 1.165) is 22.2 Å². The number of aromatic amines is 1. The van der Waals surface area contributed by atoms with Crippen LogP contribution in [0.15, 0.2) is 59.7 Å². The summed E-state index contributed by atoms with van der Waals surface area (Å²) < 4.78 is 7.31. The number of H-pyrrole nitrogens is 1. The van der Waals surface area contributed by atoms with Gasteiger partial charge in [0.25, 0.3) is 5.56 Å². The summed E-state index contributed by atoms with van der Waals surface area (Å²) in [7, 11) is 1.63. The molecule has 0 aliphatic heterocycles. The topological polar surface area (TPSA) is 59.9 Å². The lowest BCUT2D eigenvalue weighted by Gasteiger charge is -2.07. The summed E-state index contributed by atoms with van der Waals surface area (Å²) in [6, 6.07) is 15.9. The minimum atomic E-state index is -0.138. The predicted octanol–water partition coefficient (Wildman–Crippen LogP) is 2.93. The Balaban J connectivity index is 2.05. The second-order valence-corrected chi connectivity index (χ2v) is 5.38. The number of methoxy groups -OCH3 is 1. The molecule has 2 aromatic carbocycles. The lowest BCUT2D eigenvalue weighted by atomic mass is 10.2. The summed E-state index contributed by atoms with van der Waals surface area (Å²) in [4.78, 5) is 19.4. The lowest BCUT2D eigenvalue weighted by Crippen LogP contribution is -2.11. The molecule has 0 bridgehead atoms. The minimum absolute atomic E-state index is 0.138. The monoisotopic (exact) mass is 305 g/mol. The van der Waals surface area contributed by atoms with Gasteiger partial charge in [0.2, 0.25) is 0 Å². The smallest absolute Gasteiger partial charge is 0.275 e. The average molecular weight is 305 g/mol. The molecule has 0 aliphatic carbocycles. The fraction of sp³-hybridized carbons (Fsp3) is 0.111. The molecule has 2 aromatic heterocycles. The van der Waals surface area contributed by atoms with Crippen molar-refractivity contribution >= 4 is 21.9 Å². The van der Waals surface area contributed by atoms with Crippen LogP contribution in [-0.4, -0.2) is 21.6 Å². The van der Waals surface area contributed by atoms with Crippen molar-refractivity contribution in [3.63, 3.8) is 0 Å². The lowest BCUT2D eigenvalue weighted by molar-refractivity contribution is 0.415. The Kier molecular flexibility index (Phi) is 3.12. The van der Waals surface area contributed by atoms with Crippen LogP contribution in [0.2, 0.25) is 0 Å². The summed E-state index contributed by atoms with van der Waals surface area (Å²) in [6.45, 7) is 0.613. The van der Waals surface area contributed by atoms with Crippen molar-refractivity contribution in [3.8, 4) is 5.75 Å². The minimum Gasteiger partial charge on any atom is -0.497 e. The molecule has 5 nitrogen and oxygen atoms in total. The van der Waals surface area contributed by atoms with E-state index in [9.17, 15) is 4.79 Å². The first-order valence-corrected chi connectivity index (χ1v) is 7.35. The maximum Gasteiger partial charge on any atom is 0.275 e. The molecular weight excluding hydrogens is 290 g/mol. The van der Waals surface area contributed by atoms with E-state index in [1.807, 2.05) is 53.1 Å². The first-order valence-electron chi connectivity index (χ1n) is 7.35. The summed E-state index contributed by atoms with van der Waals surface area (Å²) in [5.74, 6) is 0.748. The van der Waals surface area contributed by atoms with Crippen molar-refractivity contribution in [1.29, 1.82) is 0 Å². The van der Waals surface area contributed by atoms with Crippen LogP contribution in [0.4, 0.5) is 0 Å². The molecule has 0 amide bonds. The fourth-order valence-electron chi connectivity index (χ4n) is 2.96. The van der Waals surface area contributed by atoms with Crippen LogP contribution < -0.4 is 10.3 Å². The molecule has 2 heterocycles. The van der Waals surface area contributed by atoms with Gasteiger partial charge in [-0.05, 0) is 23.8 Å². The molecule has 4 aromatic rings. The molecule has 114 valence electrons. The van der Waals surface area contributed by atoms with Gasteiger partial charge in [-0.3, -0.25) is 4.79 Å². The normalized spacial score (nSPS) is 11.2. The summed E-state index contributed by atoms with van der Waals surface area (Å²) in [5.41, 5.74) is 3.23. The highest BCUT2D eigenvalue weighted by Gasteiger charge is 2.15. The molecule has 4 rings (SSSR count). The van der Waals surface area contributed by atoms with Gasteiger partial charge in [0.1, 0.15) is 16.8 Å². The van der Waals surface area contributed by atoms with Crippen molar-refractivity contribution in [2.24, 2.45) is 0 Å². The first-order chi connectivity index (χ1) is 11.3. The Morgan fingerprint density at radius 3 is 2.78 bits per heavy atom. The van der Waals surface area contributed by atoms with Gasteiger partial charge in [0.05, 0.1) is 19.0 Å². The second-order valence-electron chi connectivity index (χ2n) is 5.38. The van der Waals surface area contributed by atoms with E-state index < -0.39 is 0 Å². The molecule has 0 saturated heterocycles. The first kappa shape index (κ1) is 13.6. The highest BCUT2D eigenvalue weighted by Crippen LogP contribution is 2.29. The van der Waals surface area contributed by atoms with Gasteiger partial charge in [0.15, 0.2) is 0 Å². The maximum atomic E-state index is 12.4. The zero-order valence-electron chi connectivity index (χ0n) is 12.6. The molecule has 0 unspecified atom stereocenters. The number of hydrogen-bond donors (Lipinski definition) is 1. The predicted molar refractivity (Wildman–Crippen MR) is 90.0 cm³/mol. The number of nitrogens with one attached hydrogen (secondary N) is 1. The second kappa shape index (κ2) is 5.28. The third-order valence-electron chi connectivity index (χ3n) is 4.03. The van der Waals surface area contributed by atoms with Gasteiger partial charge in [0, 0.05) is 11.9 Å². The zero-order valence-corrected chi connectivity index (χ0v) is 12.6. The SMILES string of the molecule is COc1ccc2c(c1)c1nc[nH]c(=O)c1n2Cc1ccccc1. The average Bonchev–Trinajstić information content (AvgIpc) is 2.90. The number of rotatable bonds is 3. The van der Waals surface area contributed by atoms with Crippen LogP contribution in [0.3, 0.4) is 0 Å². The molecule has 23 heavy (non-hydrogen) atoms. The zero-order chi connectivity index (χ0) is 15.8. The van der Waals surface area contributed by atoms with Gasteiger partial charge in [-0.15, -0.1) is 0 Å². The molecule has 1 N–H and O–H groups in total. The highest BCUT2D eigenvalue weighted by molar-refractivity contribution is 6.05. The van der Waals surface area contributed by atoms with Crippen LogP contribution in [0.1, 0.15) is 5.56 Å². The fourth-order valence-corrected chi connectivity index (χ4v) is 2.96. The number of aromatic nitrogens is 3. The highest BCUT2D eigenvalue weighted by atomic mass is 16.5. The largest absolute Gasteiger partial charge is 0.497 e. The Morgan fingerprint density at radius 2 is 2.00 bits per heavy atom. The van der Waals surface area contributed by atoms with Gasteiger partial charge in [-0.1, -0.05) is 30.3 Å². The van der Waals surface area contributed by atoms with Crippen LogP contribution in [0.25, 0.3) is 21.9 Å². The van der Waals surface area contributed by atoms with E-state index in [1.165, 1.54) is 6.33 Å². The Labute approximate surface area is 132 Å². The van der Waals surface area contributed by atoms with Gasteiger partial charge in [-0.2, -0.15) is 0 Å². The summed E-state index contributed by atoms with van der Waals surface area (Å²) in [6.07, 6.45) is 1.44. The number of hydrogen-bond acceptors (Lipinski definition) is 3. The van der Waals surface area contributed by atoms with Crippen LogP contribution in [0.5, 0.6) is 5.75 Å². The molecule has 0 radical (unpaired) electrons. The van der Waals surface area contributed by atoms with Crippen molar-refractivity contribution in [2.45, 2.75) is 6.54 Å². The van der Waals surface area contributed by atoms with E-state index in [1.54, 1.807) is 7.11 Å². The molecule has 0 saturated carbocycles. The van der Waals surface area contributed by atoms with Crippen molar-refractivity contribution in [1.82, 2.24) is 14.5 Å². The van der Waals surface area contributed by atoms with Crippen molar-refractivity contribution in [3.05, 3.63) is 70.8 Å². The summed E-state index contributed by atoms with van der Waals surface area (Å²) >= 11 is 0.